The second-order valence-electron chi connectivity index (χ2n) is 4.85. The van der Waals surface area contributed by atoms with E-state index in [2.05, 4.69) is 10.3 Å². The van der Waals surface area contributed by atoms with Crippen LogP contribution in [0.3, 0.4) is 0 Å². The molecule has 1 aliphatic heterocycles. The molecule has 5 heteroatoms. The Kier molecular flexibility index (Phi) is 3.98. The third-order valence-corrected chi connectivity index (χ3v) is 4.12. The number of phenolic OH excluding ortho intramolecular Hbond substituents is 1. The average Bonchev–Trinajstić information content (AvgIpc) is 2.84. The third kappa shape index (κ3) is 3.20. The molecule has 1 aliphatic rings. The summed E-state index contributed by atoms with van der Waals surface area (Å²) in [7, 11) is 0. The zero-order valence-corrected chi connectivity index (χ0v) is 12.7. The fourth-order valence-electron chi connectivity index (χ4n) is 2.01. The molecular weight excluding hydrogens is 296 g/mol. The Bertz CT molecular complexity index is 780. The number of aliphatic imine (C=N–C) groups is 1. The number of amidine groups is 1. The van der Waals surface area contributed by atoms with Crippen molar-refractivity contribution in [1.82, 2.24) is 5.32 Å². The van der Waals surface area contributed by atoms with Crippen LogP contribution in [0.1, 0.15) is 11.1 Å². The van der Waals surface area contributed by atoms with Gasteiger partial charge in [0.2, 0.25) is 0 Å². The van der Waals surface area contributed by atoms with E-state index in [4.69, 9.17) is 0 Å². The maximum absolute atomic E-state index is 12.0. The predicted octanol–water partition coefficient (Wildman–Crippen LogP) is 3.59. The smallest absolute Gasteiger partial charge is 0.264 e. The minimum atomic E-state index is -0.147. The lowest BCUT2D eigenvalue weighted by Gasteiger charge is -1.99. The van der Waals surface area contributed by atoms with E-state index in [0.29, 0.717) is 15.8 Å². The van der Waals surface area contributed by atoms with Crippen LogP contribution in [-0.2, 0) is 4.79 Å². The number of aromatic hydroxyl groups is 1. The van der Waals surface area contributed by atoms with E-state index in [9.17, 15) is 9.90 Å². The Morgan fingerprint density at radius 2 is 1.86 bits per heavy atom. The summed E-state index contributed by atoms with van der Waals surface area (Å²) in [5.41, 5.74) is 2.82. The quantitative estimate of drug-likeness (QED) is 0.833. The topological polar surface area (TPSA) is 61.7 Å². The van der Waals surface area contributed by atoms with Gasteiger partial charge in [-0.15, -0.1) is 0 Å². The summed E-state index contributed by atoms with van der Waals surface area (Å²) in [4.78, 5) is 17.0. The van der Waals surface area contributed by atoms with Crippen LogP contribution < -0.4 is 5.32 Å². The highest BCUT2D eigenvalue weighted by Crippen LogP contribution is 2.29. The van der Waals surface area contributed by atoms with Crippen molar-refractivity contribution < 1.29 is 9.90 Å². The van der Waals surface area contributed by atoms with Crippen molar-refractivity contribution in [3.8, 4) is 5.75 Å². The molecule has 1 fully saturated rings. The summed E-state index contributed by atoms with van der Waals surface area (Å²) in [6, 6.07) is 14.4. The number of hydrogen-bond donors (Lipinski definition) is 2. The summed E-state index contributed by atoms with van der Waals surface area (Å²) in [5, 5.41) is 12.5. The standard InChI is InChI=1S/C17H14N2O2S/c1-11-4-2-3-5-12(11)10-15-16(21)19-17(22-15)18-13-6-8-14(20)9-7-13/h2-10,20H,1H3,(H,18,19,21). The summed E-state index contributed by atoms with van der Waals surface area (Å²) in [6.45, 7) is 2.01. The van der Waals surface area contributed by atoms with Gasteiger partial charge in [0, 0.05) is 0 Å². The number of nitrogens with zero attached hydrogens (tertiary/aromatic N) is 1. The Labute approximate surface area is 132 Å². The van der Waals surface area contributed by atoms with Crippen LogP contribution in [-0.4, -0.2) is 16.2 Å². The van der Waals surface area contributed by atoms with Crippen molar-refractivity contribution in [2.45, 2.75) is 6.92 Å². The minimum Gasteiger partial charge on any atom is -0.508 e. The molecule has 1 heterocycles. The van der Waals surface area contributed by atoms with Gasteiger partial charge >= 0.3 is 0 Å². The van der Waals surface area contributed by atoms with Crippen molar-refractivity contribution in [3.63, 3.8) is 0 Å². The van der Waals surface area contributed by atoms with Crippen LogP contribution in [0.4, 0.5) is 5.69 Å². The van der Waals surface area contributed by atoms with E-state index in [1.165, 1.54) is 11.8 Å². The first kappa shape index (κ1) is 14.4. The third-order valence-electron chi connectivity index (χ3n) is 3.21. The lowest BCUT2D eigenvalue weighted by molar-refractivity contribution is -0.115. The maximum Gasteiger partial charge on any atom is 0.264 e. The second kappa shape index (κ2) is 6.07. The zero-order valence-electron chi connectivity index (χ0n) is 11.9. The number of thioether (sulfide) groups is 1. The molecule has 22 heavy (non-hydrogen) atoms. The first-order chi connectivity index (χ1) is 10.6. The number of aryl methyl sites for hydroxylation is 1. The van der Waals surface area contributed by atoms with Gasteiger partial charge in [0.05, 0.1) is 10.6 Å². The highest BCUT2D eigenvalue weighted by molar-refractivity contribution is 8.18. The molecule has 1 amide bonds. The van der Waals surface area contributed by atoms with Crippen molar-refractivity contribution in [2.24, 2.45) is 4.99 Å². The fraction of sp³-hybridized carbons (Fsp3) is 0.0588. The molecule has 0 bridgehead atoms. The largest absolute Gasteiger partial charge is 0.508 e. The van der Waals surface area contributed by atoms with Crippen LogP contribution in [0, 0.1) is 6.92 Å². The van der Waals surface area contributed by atoms with Crippen molar-refractivity contribution in [1.29, 1.82) is 0 Å². The van der Waals surface area contributed by atoms with E-state index in [1.54, 1.807) is 24.3 Å². The Morgan fingerprint density at radius 1 is 1.14 bits per heavy atom. The lowest BCUT2D eigenvalue weighted by Crippen LogP contribution is -2.19. The van der Waals surface area contributed by atoms with E-state index in [0.717, 1.165) is 11.1 Å². The highest BCUT2D eigenvalue weighted by Gasteiger charge is 2.23. The first-order valence-corrected chi connectivity index (χ1v) is 7.58. The minimum absolute atomic E-state index is 0.147. The molecule has 2 aromatic carbocycles. The maximum atomic E-state index is 12.0. The summed E-state index contributed by atoms with van der Waals surface area (Å²) < 4.78 is 0. The molecule has 1 saturated heterocycles. The number of amides is 1. The van der Waals surface area contributed by atoms with Crippen molar-refractivity contribution in [3.05, 3.63) is 64.6 Å². The van der Waals surface area contributed by atoms with Gasteiger partial charge in [-0.05, 0) is 60.2 Å². The highest BCUT2D eigenvalue weighted by atomic mass is 32.2. The van der Waals surface area contributed by atoms with Gasteiger partial charge in [-0.1, -0.05) is 24.3 Å². The predicted molar refractivity (Wildman–Crippen MR) is 90.1 cm³/mol. The van der Waals surface area contributed by atoms with E-state index < -0.39 is 0 Å². The molecule has 0 unspecified atom stereocenters. The lowest BCUT2D eigenvalue weighted by atomic mass is 10.1. The summed E-state index contributed by atoms with van der Waals surface area (Å²) >= 11 is 1.31. The molecule has 3 rings (SSSR count). The van der Waals surface area contributed by atoms with Gasteiger partial charge in [0.15, 0.2) is 5.17 Å². The molecule has 0 radical (unpaired) electrons. The molecule has 0 aliphatic carbocycles. The molecule has 0 saturated carbocycles. The zero-order chi connectivity index (χ0) is 15.5. The number of carbonyl (C=O) groups excluding carboxylic acids is 1. The van der Waals surface area contributed by atoms with E-state index >= 15 is 0 Å². The Balaban J connectivity index is 1.84. The number of nitrogens with one attached hydrogen (secondary N) is 1. The molecule has 0 atom stereocenters. The fourth-order valence-corrected chi connectivity index (χ4v) is 2.85. The van der Waals surface area contributed by atoms with Crippen LogP contribution >= 0.6 is 11.8 Å². The summed E-state index contributed by atoms with van der Waals surface area (Å²) in [6.07, 6.45) is 1.87. The van der Waals surface area contributed by atoms with Gasteiger partial charge in [0.25, 0.3) is 5.91 Å². The number of carbonyl (C=O) groups is 1. The van der Waals surface area contributed by atoms with Gasteiger partial charge in [-0.25, -0.2) is 4.99 Å². The van der Waals surface area contributed by atoms with Gasteiger partial charge in [0.1, 0.15) is 5.75 Å². The van der Waals surface area contributed by atoms with Crippen LogP contribution in [0.2, 0.25) is 0 Å². The molecular formula is C17H14N2O2S. The molecule has 2 N–H and O–H groups in total. The van der Waals surface area contributed by atoms with Gasteiger partial charge < -0.3 is 10.4 Å². The molecule has 110 valence electrons. The van der Waals surface area contributed by atoms with Crippen molar-refractivity contribution >= 4 is 34.6 Å². The Morgan fingerprint density at radius 3 is 2.59 bits per heavy atom. The van der Waals surface area contributed by atoms with Crippen LogP contribution in [0.25, 0.3) is 6.08 Å². The normalized spacial score (nSPS) is 18.0. The van der Waals surface area contributed by atoms with Crippen LogP contribution in [0.15, 0.2) is 58.4 Å². The summed E-state index contributed by atoms with van der Waals surface area (Å²) in [5.74, 6) is 0.0398. The SMILES string of the molecule is Cc1ccccc1C=C1SC(=Nc2ccc(O)cc2)NC1=O. The Hall–Kier alpha value is -2.53. The van der Waals surface area contributed by atoms with Gasteiger partial charge in [-0.2, -0.15) is 0 Å². The average molecular weight is 310 g/mol. The van der Waals surface area contributed by atoms with E-state index in [1.807, 2.05) is 37.3 Å². The number of rotatable bonds is 2. The molecule has 4 nitrogen and oxygen atoms in total. The van der Waals surface area contributed by atoms with Gasteiger partial charge in [-0.3, -0.25) is 4.79 Å². The first-order valence-electron chi connectivity index (χ1n) is 6.76. The second-order valence-corrected chi connectivity index (χ2v) is 5.89. The van der Waals surface area contributed by atoms with Crippen LogP contribution in [0.5, 0.6) is 5.75 Å². The van der Waals surface area contributed by atoms with Crippen molar-refractivity contribution in [2.75, 3.05) is 0 Å². The molecule has 0 aromatic heterocycles. The number of phenols is 1. The monoisotopic (exact) mass is 310 g/mol. The molecule has 2 aromatic rings. The number of benzene rings is 2. The van der Waals surface area contributed by atoms with E-state index in [-0.39, 0.29) is 11.7 Å². The molecule has 0 spiro atoms. The number of hydrogen-bond acceptors (Lipinski definition) is 4.